The first-order valence-corrected chi connectivity index (χ1v) is 7.93. The number of rotatable bonds is 9. The van der Waals surface area contributed by atoms with Crippen LogP contribution in [0.15, 0.2) is 4.52 Å². The van der Waals surface area contributed by atoms with Crippen LogP contribution in [0.25, 0.3) is 0 Å². The van der Waals surface area contributed by atoms with E-state index >= 15 is 0 Å². The van der Waals surface area contributed by atoms with Gasteiger partial charge in [-0.25, -0.2) is 0 Å². The van der Waals surface area contributed by atoms with Gasteiger partial charge in [0.25, 0.3) is 0 Å². The van der Waals surface area contributed by atoms with Crippen molar-refractivity contribution in [3.63, 3.8) is 0 Å². The fourth-order valence-corrected chi connectivity index (χ4v) is 2.44. The average Bonchev–Trinajstić information content (AvgIpc) is 2.73. The van der Waals surface area contributed by atoms with Gasteiger partial charge in [-0.3, -0.25) is 0 Å². The highest BCUT2D eigenvalue weighted by Gasteiger charge is 2.15. The zero-order valence-electron chi connectivity index (χ0n) is 11.9. The Balaban J connectivity index is 2.49. The van der Waals surface area contributed by atoms with Gasteiger partial charge in [0.1, 0.15) is 0 Å². The minimum absolute atomic E-state index is 0.433. The molecule has 0 aromatic carbocycles. The van der Waals surface area contributed by atoms with E-state index in [1.165, 1.54) is 0 Å². The molecule has 1 N–H and O–H groups in total. The molecule has 1 aromatic rings. The fraction of sp³-hybridized carbons (Fsp3) is 0.846. The lowest BCUT2D eigenvalue weighted by Gasteiger charge is -2.17. The van der Waals surface area contributed by atoms with E-state index < -0.39 is 0 Å². The molecule has 0 saturated carbocycles. The minimum atomic E-state index is 0.433. The van der Waals surface area contributed by atoms with E-state index in [2.05, 4.69) is 43.2 Å². The van der Waals surface area contributed by atoms with Crippen molar-refractivity contribution in [1.82, 2.24) is 15.5 Å². The van der Waals surface area contributed by atoms with Crippen LogP contribution in [0, 0.1) is 5.92 Å². The fourth-order valence-electron chi connectivity index (χ4n) is 1.93. The molecule has 5 heteroatoms. The summed E-state index contributed by atoms with van der Waals surface area (Å²) >= 11 is 1.81. The first-order chi connectivity index (χ1) is 8.65. The van der Waals surface area contributed by atoms with Gasteiger partial charge in [-0.2, -0.15) is 16.7 Å². The molecular weight excluding hydrogens is 246 g/mol. The molecule has 4 nitrogen and oxygen atoms in total. The third kappa shape index (κ3) is 5.87. The number of hydrogen-bond acceptors (Lipinski definition) is 5. The number of thioether (sulfide) groups is 1. The maximum atomic E-state index is 5.31. The van der Waals surface area contributed by atoms with E-state index in [1.54, 1.807) is 0 Å². The van der Waals surface area contributed by atoms with E-state index in [9.17, 15) is 0 Å². The maximum Gasteiger partial charge on any atom is 0.228 e. The maximum absolute atomic E-state index is 5.31. The predicted octanol–water partition coefficient (Wildman–Crippen LogP) is 2.89. The van der Waals surface area contributed by atoms with Crippen LogP contribution < -0.4 is 5.32 Å². The van der Waals surface area contributed by atoms with Crippen LogP contribution in [0.4, 0.5) is 0 Å². The Kier molecular flexibility index (Phi) is 7.35. The molecule has 1 aromatic heterocycles. The summed E-state index contributed by atoms with van der Waals surface area (Å²) in [6, 6.07) is 0.433. The summed E-state index contributed by atoms with van der Waals surface area (Å²) in [6.07, 6.45) is 1.96. The SMILES string of the molecule is CCNC(Cc1nc(CSCC)no1)CC(C)C. The van der Waals surface area contributed by atoms with Crippen molar-refractivity contribution in [2.45, 2.75) is 52.3 Å². The molecule has 0 aliphatic carbocycles. The summed E-state index contributed by atoms with van der Waals surface area (Å²) < 4.78 is 5.31. The molecule has 1 unspecified atom stereocenters. The zero-order valence-corrected chi connectivity index (χ0v) is 12.7. The lowest BCUT2D eigenvalue weighted by atomic mass is 10.0. The molecule has 0 amide bonds. The quantitative estimate of drug-likeness (QED) is 0.748. The molecule has 0 bridgehead atoms. The van der Waals surface area contributed by atoms with Gasteiger partial charge in [-0.15, -0.1) is 0 Å². The van der Waals surface area contributed by atoms with Crippen LogP contribution >= 0.6 is 11.8 Å². The Bertz CT molecular complexity index is 328. The van der Waals surface area contributed by atoms with Gasteiger partial charge in [0.15, 0.2) is 5.82 Å². The highest BCUT2D eigenvalue weighted by Crippen LogP contribution is 2.12. The average molecular weight is 271 g/mol. The van der Waals surface area contributed by atoms with Crippen LogP contribution in [0.1, 0.15) is 45.8 Å². The molecule has 1 heterocycles. The molecule has 1 atom stereocenters. The highest BCUT2D eigenvalue weighted by atomic mass is 32.2. The van der Waals surface area contributed by atoms with Crippen molar-refractivity contribution in [3.05, 3.63) is 11.7 Å². The molecule has 104 valence electrons. The molecule has 1 rings (SSSR count). The summed E-state index contributed by atoms with van der Waals surface area (Å²) in [7, 11) is 0. The van der Waals surface area contributed by atoms with Crippen LogP contribution in [0.2, 0.25) is 0 Å². The Hall–Kier alpha value is -0.550. The second kappa shape index (κ2) is 8.53. The Morgan fingerprint density at radius 1 is 1.33 bits per heavy atom. The topological polar surface area (TPSA) is 51.0 Å². The first kappa shape index (κ1) is 15.5. The molecule has 18 heavy (non-hydrogen) atoms. The van der Waals surface area contributed by atoms with Crippen molar-refractivity contribution < 1.29 is 4.52 Å². The van der Waals surface area contributed by atoms with Gasteiger partial charge >= 0.3 is 0 Å². The summed E-state index contributed by atoms with van der Waals surface area (Å²) in [4.78, 5) is 4.44. The van der Waals surface area contributed by atoms with Gasteiger partial charge in [-0.05, 0) is 24.6 Å². The zero-order chi connectivity index (χ0) is 13.4. The molecule has 0 saturated heterocycles. The molecular formula is C13H25N3OS. The van der Waals surface area contributed by atoms with Crippen molar-refractivity contribution in [1.29, 1.82) is 0 Å². The predicted molar refractivity (Wildman–Crippen MR) is 76.8 cm³/mol. The second-order valence-electron chi connectivity index (χ2n) is 4.83. The lowest BCUT2D eigenvalue weighted by molar-refractivity contribution is 0.338. The summed E-state index contributed by atoms with van der Waals surface area (Å²) in [5.41, 5.74) is 0. The van der Waals surface area contributed by atoms with Gasteiger partial charge in [0, 0.05) is 12.5 Å². The van der Waals surface area contributed by atoms with E-state index in [-0.39, 0.29) is 0 Å². The monoisotopic (exact) mass is 271 g/mol. The lowest BCUT2D eigenvalue weighted by Crippen LogP contribution is -2.32. The summed E-state index contributed by atoms with van der Waals surface area (Å²) in [6.45, 7) is 9.72. The van der Waals surface area contributed by atoms with Crippen LogP contribution in [0.5, 0.6) is 0 Å². The third-order valence-electron chi connectivity index (χ3n) is 2.62. The van der Waals surface area contributed by atoms with E-state index in [4.69, 9.17) is 4.52 Å². The smallest absolute Gasteiger partial charge is 0.228 e. The normalized spacial score (nSPS) is 13.2. The summed E-state index contributed by atoms with van der Waals surface area (Å²) in [5.74, 6) is 4.17. The number of likely N-dealkylation sites (N-methyl/N-ethyl adjacent to an activating group) is 1. The van der Waals surface area contributed by atoms with Gasteiger partial charge in [-0.1, -0.05) is 32.9 Å². The minimum Gasteiger partial charge on any atom is -0.339 e. The van der Waals surface area contributed by atoms with Crippen molar-refractivity contribution in [2.75, 3.05) is 12.3 Å². The Morgan fingerprint density at radius 3 is 2.72 bits per heavy atom. The summed E-state index contributed by atoms with van der Waals surface area (Å²) in [5, 5.41) is 7.49. The molecule has 0 aliphatic heterocycles. The highest BCUT2D eigenvalue weighted by molar-refractivity contribution is 7.98. The molecule has 0 radical (unpaired) electrons. The first-order valence-electron chi connectivity index (χ1n) is 6.78. The van der Waals surface area contributed by atoms with E-state index in [0.29, 0.717) is 12.0 Å². The number of aromatic nitrogens is 2. The van der Waals surface area contributed by atoms with Crippen LogP contribution in [0.3, 0.4) is 0 Å². The third-order valence-corrected chi connectivity index (χ3v) is 3.49. The standard InChI is InChI=1S/C13H25N3OS/c1-5-14-11(7-10(3)4)8-13-15-12(16-17-13)9-18-6-2/h10-11,14H,5-9H2,1-4H3. The van der Waals surface area contributed by atoms with Gasteiger partial charge in [0.2, 0.25) is 5.89 Å². The Labute approximate surface area is 114 Å². The van der Waals surface area contributed by atoms with E-state index in [0.717, 1.165) is 42.6 Å². The molecule has 0 spiro atoms. The second-order valence-corrected chi connectivity index (χ2v) is 6.10. The molecule has 0 aliphatic rings. The van der Waals surface area contributed by atoms with E-state index in [1.807, 2.05) is 11.8 Å². The van der Waals surface area contributed by atoms with Gasteiger partial charge < -0.3 is 9.84 Å². The van der Waals surface area contributed by atoms with Crippen molar-refractivity contribution in [3.8, 4) is 0 Å². The largest absolute Gasteiger partial charge is 0.339 e. The molecule has 0 fully saturated rings. The Morgan fingerprint density at radius 2 is 2.11 bits per heavy atom. The van der Waals surface area contributed by atoms with Crippen molar-refractivity contribution >= 4 is 11.8 Å². The number of hydrogen-bond donors (Lipinski definition) is 1. The van der Waals surface area contributed by atoms with Crippen LogP contribution in [-0.4, -0.2) is 28.5 Å². The van der Waals surface area contributed by atoms with Crippen LogP contribution in [-0.2, 0) is 12.2 Å². The van der Waals surface area contributed by atoms with Gasteiger partial charge in [0.05, 0.1) is 5.75 Å². The number of nitrogens with zero attached hydrogens (tertiary/aromatic N) is 2. The number of nitrogens with one attached hydrogen (secondary N) is 1. The van der Waals surface area contributed by atoms with Crippen molar-refractivity contribution in [2.24, 2.45) is 5.92 Å².